The van der Waals surface area contributed by atoms with Crippen LogP contribution in [-0.2, 0) is 9.53 Å². The maximum Gasteiger partial charge on any atom is 0.315 e. The van der Waals surface area contributed by atoms with Crippen molar-refractivity contribution in [3.05, 3.63) is 70.8 Å². The lowest BCUT2D eigenvalue weighted by molar-refractivity contribution is -0.136. The molecule has 0 aliphatic carbocycles. The Morgan fingerprint density at radius 2 is 1.73 bits per heavy atom. The van der Waals surface area contributed by atoms with Gasteiger partial charge in [0.15, 0.2) is 0 Å². The number of rotatable bonds is 6. The van der Waals surface area contributed by atoms with Crippen molar-refractivity contribution in [3.63, 3.8) is 0 Å². The highest BCUT2D eigenvalue weighted by atomic mass is 16.5. The van der Waals surface area contributed by atoms with Gasteiger partial charge in [0.2, 0.25) is 5.91 Å². The number of ether oxygens (including phenoxy) is 1. The fraction of sp³-hybridized carbons (Fsp3) is 0.417. The quantitative estimate of drug-likeness (QED) is 0.769. The van der Waals surface area contributed by atoms with E-state index in [4.69, 9.17) is 4.74 Å². The van der Waals surface area contributed by atoms with Gasteiger partial charge in [0.1, 0.15) is 0 Å². The molecule has 1 heterocycles. The Morgan fingerprint density at radius 3 is 2.43 bits per heavy atom. The molecule has 6 heteroatoms. The minimum Gasteiger partial charge on any atom is -0.378 e. The molecule has 3 rings (SSSR count). The van der Waals surface area contributed by atoms with Crippen molar-refractivity contribution in [2.75, 3.05) is 32.8 Å². The molecule has 30 heavy (non-hydrogen) atoms. The predicted molar refractivity (Wildman–Crippen MR) is 117 cm³/mol. The number of aryl methyl sites for hydroxylation is 1. The molecular formula is C24H31N3O3. The van der Waals surface area contributed by atoms with Crippen LogP contribution in [0.4, 0.5) is 4.79 Å². The minimum atomic E-state index is -0.425. The lowest BCUT2D eigenvalue weighted by atomic mass is 9.97. The van der Waals surface area contributed by atoms with Crippen molar-refractivity contribution in [3.8, 4) is 0 Å². The topological polar surface area (TPSA) is 70.7 Å². The number of carbonyl (C=O) groups excluding carboxylic acids is 2. The van der Waals surface area contributed by atoms with E-state index in [1.165, 1.54) is 11.1 Å². The summed E-state index contributed by atoms with van der Waals surface area (Å²) in [5.74, 6) is -0.404. The molecule has 1 aliphatic heterocycles. The average Bonchev–Trinajstić information content (AvgIpc) is 2.77. The number of hydrogen-bond donors (Lipinski definition) is 2. The molecule has 2 aromatic rings. The van der Waals surface area contributed by atoms with Crippen LogP contribution in [0.3, 0.4) is 0 Å². The second-order valence-corrected chi connectivity index (χ2v) is 7.77. The second kappa shape index (κ2) is 10.3. The second-order valence-electron chi connectivity index (χ2n) is 7.77. The van der Waals surface area contributed by atoms with Crippen LogP contribution in [0.25, 0.3) is 0 Å². The Bertz CT molecular complexity index is 863. The number of morpholine rings is 1. The standard InChI is InChI=1S/C24H31N3O3/c1-17-8-7-11-21(18(17)2)19(3)26-24(29)25-16-22(20-9-5-4-6-10-20)23(28)27-12-14-30-15-13-27/h4-11,19,22H,12-16H2,1-3H3,(H2,25,26,29). The predicted octanol–water partition coefficient (Wildman–Crippen LogP) is 3.31. The van der Waals surface area contributed by atoms with Gasteiger partial charge in [0.05, 0.1) is 25.2 Å². The van der Waals surface area contributed by atoms with Gasteiger partial charge in [-0.3, -0.25) is 4.79 Å². The van der Waals surface area contributed by atoms with Crippen molar-refractivity contribution >= 4 is 11.9 Å². The van der Waals surface area contributed by atoms with Crippen LogP contribution in [0, 0.1) is 13.8 Å². The fourth-order valence-corrected chi connectivity index (χ4v) is 3.80. The smallest absolute Gasteiger partial charge is 0.315 e. The summed E-state index contributed by atoms with van der Waals surface area (Å²) in [5.41, 5.74) is 4.36. The summed E-state index contributed by atoms with van der Waals surface area (Å²) >= 11 is 0. The van der Waals surface area contributed by atoms with Gasteiger partial charge in [-0.1, -0.05) is 48.5 Å². The van der Waals surface area contributed by atoms with Gasteiger partial charge in [0, 0.05) is 19.6 Å². The molecular weight excluding hydrogens is 378 g/mol. The van der Waals surface area contributed by atoms with E-state index in [1.54, 1.807) is 0 Å². The van der Waals surface area contributed by atoms with E-state index in [0.717, 1.165) is 11.1 Å². The summed E-state index contributed by atoms with van der Waals surface area (Å²) in [5, 5.41) is 5.90. The van der Waals surface area contributed by atoms with E-state index in [0.29, 0.717) is 26.3 Å². The van der Waals surface area contributed by atoms with Crippen molar-refractivity contribution in [2.45, 2.75) is 32.7 Å². The summed E-state index contributed by atoms with van der Waals surface area (Å²) < 4.78 is 5.36. The zero-order valence-corrected chi connectivity index (χ0v) is 18.0. The van der Waals surface area contributed by atoms with E-state index in [9.17, 15) is 9.59 Å². The van der Waals surface area contributed by atoms with Crippen LogP contribution in [-0.4, -0.2) is 49.7 Å². The molecule has 0 aromatic heterocycles. The minimum absolute atomic E-state index is 0.0207. The molecule has 2 atom stereocenters. The van der Waals surface area contributed by atoms with Crippen LogP contribution in [0.5, 0.6) is 0 Å². The lowest BCUT2D eigenvalue weighted by Crippen LogP contribution is -2.47. The molecule has 1 fully saturated rings. The van der Waals surface area contributed by atoms with Crippen LogP contribution in [0.15, 0.2) is 48.5 Å². The van der Waals surface area contributed by atoms with Gasteiger partial charge < -0.3 is 20.3 Å². The van der Waals surface area contributed by atoms with Crippen LogP contribution >= 0.6 is 0 Å². The van der Waals surface area contributed by atoms with E-state index >= 15 is 0 Å². The summed E-state index contributed by atoms with van der Waals surface area (Å²) in [7, 11) is 0. The molecule has 2 N–H and O–H groups in total. The van der Waals surface area contributed by atoms with Gasteiger partial charge in [-0.2, -0.15) is 0 Å². The molecule has 0 saturated carbocycles. The first-order valence-electron chi connectivity index (χ1n) is 10.5. The highest BCUT2D eigenvalue weighted by Crippen LogP contribution is 2.21. The van der Waals surface area contributed by atoms with Gasteiger partial charge in [0.25, 0.3) is 0 Å². The third-order valence-corrected chi connectivity index (χ3v) is 5.75. The molecule has 2 aromatic carbocycles. The molecule has 0 bridgehead atoms. The van der Waals surface area contributed by atoms with Crippen molar-refractivity contribution in [1.29, 1.82) is 0 Å². The molecule has 1 saturated heterocycles. The van der Waals surface area contributed by atoms with Gasteiger partial charge >= 0.3 is 6.03 Å². The first-order valence-corrected chi connectivity index (χ1v) is 10.5. The largest absolute Gasteiger partial charge is 0.378 e. The van der Waals surface area contributed by atoms with Gasteiger partial charge in [-0.15, -0.1) is 0 Å². The Hall–Kier alpha value is -2.86. The van der Waals surface area contributed by atoms with Gasteiger partial charge in [-0.25, -0.2) is 4.79 Å². The van der Waals surface area contributed by atoms with Crippen molar-refractivity contribution in [2.24, 2.45) is 0 Å². The average molecular weight is 410 g/mol. The van der Waals surface area contributed by atoms with E-state index in [2.05, 4.69) is 30.5 Å². The lowest BCUT2D eigenvalue weighted by Gasteiger charge is -2.31. The Morgan fingerprint density at radius 1 is 1.03 bits per heavy atom. The number of nitrogens with one attached hydrogen (secondary N) is 2. The fourth-order valence-electron chi connectivity index (χ4n) is 3.80. The van der Waals surface area contributed by atoms with Crippen LogP contribution in [0.1, 0.15) is 41.1 Å². The molecule has 160 valence electrons. The molecule has 3 amide bonds. The summed E-state index contributed by atoms with van der Waals surface area (Å²) in [6.07, 6.45) is 0. The number of hydrogen-bond acceptors (Lipinski definition) is 3. The maximum atomic E-state index is 13.1. The first-order chi connectivity index (χ1) is 14.5. The number of benzene rings is 2. The van der Waals surface area contributed by atoms with E-state index in [1.807, 2.05) is 54.3 Å². The molecule has 2 unspecified atom stereocenters. The molecule has 1 aliphatic rings. The summed E-state index contributed by atoms with van der Waals surface area (Å²) in [6, 6.07) is 15.3. The number of carbonyl (C=O) groups is 2. The SMILES string of the molecule is Cc1cccc(C(C)NC(=O)NCC(C(=O)N2CCOCC2)c2ccccc2)c1C. The summed E-state index contributed by atoms with van der Waals surface area (Å²) in [6.45, 7) is 8.60. The number of urea groups is 1. The molecule has 0 spiro atoms. The highest BCUT2D eigenvalue weighted by Gasteiger charge is 2.27. The number of amides is 3. The van der Waals surface area contributed by atoms with E-state index in [-0.39, 0.29) is 24.5 Å². The highest BCUT2D eigenvalue weighted by molar-refractivity contribution is 5.85. The normalized spacial score (nSPS) is 15.9. The zero-order valence-electron chi connectivity index (χ0n) is 18.0. The van der Waals surface area contributed by atoms with E-state index < -0.39 is 5.92 Å². The van der Waals surface area contributed by atoms with Gasteiger partial charge in [-0.05, 0) is 43.0 Å². The zero-order chi connectivity index (χ0) is 21.5. The van der Waals surface area contributed by atoms with Crippen molar-refractivity contribution < 1.29 is 14.3 Å². The Balaban J connectivity index is 1.65. The molecule has 0 radical (unpaired) electrons. The molecule has 6 nitrogen and oxygen atoms in total. The van der Waals surface area contributed by atoms with Crippen LogP contribution < -0.4 is 10.6 Å². The maximum absolute atomic E-state index is 13.1. The first kappa shape index (κ1) is 21.8. The number of nitrogens with zero attached hydrogens (tertiary/aromatic N) is 1. The van der Waals surface area contributed by atoms with Crippen LogP contribution in [0.2, 0.25) is 0 Å². The Kier molecular flexibility index (Phi) is 7.46. The third kappa shape index (κ3) is 5.39. The summed E-state index contributed by atoms with van der Waals surface area (Å²) in [4.78, 5) is 27.5. The third-order valence-electron chi connectivity index (χ3n) is 5.75. The monoisotopic (exact) mass is 409 g/mol. The van der Waals surface area contributed by atoms with Crippen molar-refractivity contribution in [1.82, 2.24) is 15.5 Å². The Labute approximate surface area is 178 Å².